The molecular weight excluding hydrogens is 228 g/mol. The van der Waals surface area contributed by atoms with Crippen LogP contribution in [0.3, 0.4) is 0 Å². The van der Waals surface area contributed by atoms with E-state index in [-0.39, 0.29) is 0 Å². The summed E-state index contributed by atoms with van der Waals surface area (Å²) in [6, 6.07) is 7.37. The minimum absolute atomic E-state index is 0.458. The number of aliphatic hydroxyl groups excluding tert-OH is 1. The van der Waals surface area contributed by atoms with Gasteiger partial charge >= 0.3 is 0 Å². The van der Waals surface area contributed by atoms with E-state index in [9.17, 15) is 5.11 Å². The quantitative estimate of drug-likeness (QED) is 0.894. The summed E-state index contributed by atoms with van der Waals surface area (Å²) in [6.07, 6.45) is 3.28. The first-order chi connectivity index (χ1) is 8.69. The van der Waals surface area contributed by atoms with Crippen molar-refractivity contribution in [3.63, 3.8) is 0 Å². The highest BCUT2D eigenvalue weighted by atomic mass is 16.5. The Bertz CT molecular complexity index is 494. The van der Waals surface area contributed by atoms with Gasteiger partial charge in [-0.15, -0.1) is 0 Å². The van der Waals surface area contributed by atoms with Crippen LogP contribution < -0.4 is 4.74 Å². The van der Waals surface area contributed by atoms with Gasteiger partial charge in [0.1, 0.15) is 5.75 Å². The molecule has 2 aromatic rings. The molecule has 0 saturated heterocycles. The largest absolute Gasteiger partial charge is 0.497 e. The van der Waals surface area contributed by atoms with Crippen LogP contribution in [-0.4, -0.2) is 22.2 Å². The Labute approximate surface area is 106 Å². The van der Waals surface area contributed by atoms with Crippen LogP contribution in [0.2, 0.25) is 0 Å². The monoisotopic (exact) mass is 244 g/mol. The number of methoxy groups -OCH3 is 1. The maximum atomic E-state index is 10.1. The van der Waals surface area contributed by atoms with Gasteiger partial charge in [0.2, 0.25) is 0 Å². The molecule has 0 radical (unpaired) electrons. The van der Waals surface area contributed by atoms with Gasteiger partial charge in [-0.3, -0.25) is 9.97 Å². The van der Waals surface area contributed by atoms with Gasteiger partial charge < -0.3 is 9.84 Å². The normalized spacial score (nSPS) is 12.2. The van der Waals surface area contributed by atoms with Crippen molar-refractivity contribution in [2.24, 2.45) is 0 Å². The van der Waals surface area contributed by atoms with Crippen molar-refractivity contribution in [3.8, 4) is 5.75 Å². The number of ether oxygens (including phenoxy) is 1. The molecule has 0 saturated carbocycles. The SMILES string of the molecule is COc1ccc([C@@H](O)Cc2cnc(C)cn2)cc1. The van der Waals surface area contributed by atoms with Crippen LogP contribution in [0.15, 0.2) is 36.7 Å². The van der Waals surface area contributed by atoms with Crippen LogP contribution in [0.1, 0.15) is 23.1 Å². The average molecular weight is 244 g/mol. The number of nitrogens with zero attached hydrogens (tertiary/aromatic N) is 2. The zero-order chi connectivity index (χ0) is 13.0. The highest BCUT2D eigenvalue weighted by Gasteiger charge is 2.09. The molecule has 0 bridgehead atoms. The Morgan fingerprint density at radius 3 is 2.44 bits per heavy atom. The van der Waals surface area contributed by atoms with Gasteiger partial charge in [-0.1, -0.05) is 12.1 Å². The van der Waals surface area contributed by atoms with Gasteiger partial charge in [0.25, 0.3) is 0 Å². The minimum Gasteiger partial charge on any atom is -0.497 e. The van der Waals surface area contributed by atoms with Gasteiger partial charge in [-0.25, -0.2) is 0 Å². The predicted molar refractivity (Wildman–Crippen MR) is 68.4 cm³/mol. The number of hydrogen-bond acceptors (Lipinski definition) is 4. The molecular formula is C14H16N2O2. The summed E-state index contributed by atoms with van der Waals surface area (Å²) in [6.45, 7) is 1.89. The van der Waals surface area contributed by atoms with E-state index < -0.39 is 6.10 Å². The van der Waals surface area contributed by atoms with Gasteiger partial charge in [-0.2, -0.15) is 0 Å². The summed E-state index contributed by atoms with van der Waals surface area (Å²) >= 11 is 0. The number of aromatic nitrogens is 2. The second kappa shape index (κ2) is 5.60. The topological polar surface area (TPSA) is 55.2 Å². The van der Waals surface area contributed by atoms with Crippen LogP contribution in [0.25, 0.3) is 0 Å². The zero-order valence-electron chi connectivity index (χ0n) is 10.5. The van der Waals surface area contributed by atoms with E-state index in [0.29, 0.717) is 6.42 Å². The Kier molecular flexibility index (Phi) is 3.89. The second-order valence-electron chi connectivity index (χ2n) is 4.14. The van der Waals surface area contributed by atoms with Gasteiger partial charge in [0.15, 0.2) is 0 Å². The molecule has 0 spiro atoms. The molecule has 0 unspecified atom stereocenters. The Morgan fingerprint density at radius 1 is 1.17 bits per heavy atom. The molecule has 0 aliphatic carbocycles. The van der Waals surface area contributed by atoms with Crippen LogP contribution in [0, 0.1) is 6.92 Å². The lowest BCUT2D eigenvalue weighted by molar-refractivity contribution is 0.177. The molecule has 2 rings (SSSR count). The molecule has 1 aromatic carbocycles. The molecule has 1 heterocycles. The summed E-state index contributed by atoms with van der Waals surface area (Å²) in [5, 5.41) is 10.1. The second-order valence-corrected chi connectivity index (χ2v) is 4.14. The fourth-order valence-electron chi connectivity index (χ4n) is 1.67. The zero-order valence-corrected chi connectivity index (χ0v) is 10.5. The summed E-state index contributed by atoms with van der Waals surface area (Å²) in [5.41, 5.74) is 2.50. The Morgan fingerprint density at radius 2 is 1.89 bits per heavy atom. The van der Waals surface area contributed by atoms with Crippen molar-refractivity contribution in [2.45, 2.75) is 19.4 Å². The molecule has 1 N–H and O–H groups in total. The fourth-order valence-corrected chi connectivity index (χ4v) is 1.67. The molecule has 4 nitrogen and oxygen atoms in total. The van der Waals surface area contributed by atoms with Crippen molar-refractivity contribution in [2.75, 3.05) is 7.11 Å². The molecule has 1 atom stereocenters. The third-order valence-corrected chi connectivity index (χ3v) is 2.74. The first kappa shape index (κ1) is 12.5. The molecule has 0 amide bonds. The fraction of sp³-hybridized carbons (Fsp3) is 0.286. The molecule has 94 valence electrons. The Balaban J connectivity index is 2.06. The molecule has 18 heavy (non-hydrogen) atoms. The summed E-state index contributed by atoms with van der Waals surface area (Å²) in [4.78, 5) is 8.39. The Hall–Kier alpha value is -1.94. The number of aryl methyl sites for hydroxylation is 1. The van der Waals surface area contributed by atoms with Crippen molar-refractivity contribution < 1.29 is 9.84 Å². The van der Waals surface area contributed by atoms with Crippen molar-refractivity contribution in [3.05, 3.63) is 53.6 Å². The maximum Gasteiger partial charge on any atom is 0.118 e. The van der Waals surface area contributed by atoms with E-state index in [1.165, 1.54) is 0 Å². The number of hydrogen-bond donors (Lipinski definition) is 1. The van der Waals surface area contributed by atoms with E-state index >= 15 is 0 Å². The van der Waals surface area contributed by atoms with Crippen LogP contribution in [0.5, 0.6) is 5.75 Å². The van der Waals surface area contributed by atoms with E-state index in [1.54, 1.807) is 19.5 Å². The highest BCUT2D eigenvalue weighted by Crippen LogP contribution is 2.20. The first-order valence-corrected chi connectivity index (χ1v) is 5.78. The van der Waals surface area contributed by atoms with E-state index in [1.807, 2.05) is 31.2 Å². The summed E-state index contributed by atoms with van der Waals surface area (Å²) < 4.78 is 5.08. The molecule has 0 fully saturated rings. The maximum absolute atomic E-state index is 10.1. The van der Waals surface area contributed by atoms with E-state index in [2.05, 4.69) is 9.97 Å². The summed E-state index contributed by atoms with van der Waals surface area (Å²) in [5.74, 6) is 0.779. The molecule has 0 aliphatic heterocycles. The standard InChI is InChI=1S/C14H16N2O2/c1-10-8-16-12(9-15-10)7-14(17)11-3-5-13(18-2)6-4-11/h3-6,8-9,14,17H,7H2,1-2H3/t14-/m0/s1. The van der Waals surface area contributed by atoms with Crippen molar-refractivity contribution in [1.29, 1.82) is 0 Å². The molecule has 0 aliphatic rings. The number of benzene rings is 1. The van der Waals surface area contributed by atoms with E-state index in [4.69, 9.17) is 4.74 Å². The lowest BCUT2D eigenvalue weighted by atomic mass is 10.1. The van der Waals surface area contributed by atoms with Gasteiger partial charge in [-0.05, 0) is 24.6 Å². The van der Waals surface area contributed by atoms with Gasteiger partial charge in [0, 0.05) is 18.8 Å². The third-order valence-electron chi connectivity index (χ3n) is 2.74. The third kappa shape index (κ3) is 3.05. The number of rotatable bonds is 4. The van der Waals surface area contributed by atoms with Crippen molar-refractivity contribution in [1.82, 2.24) is 9.97 Å². The lowest BCUT2D eigenvalue weighted by Crippen LogP contribution is -2.04. The van der Waals surface area contributed by atoms with Crippen LogP contribution in [0.4, 0.5) is 0 Å². The first-order valence-electron chi connectivity index (χ1n) is 5.78. The molecule has 1 aromatic heterocycles. The lowest BCUT2D eigenvalue weighted by Gasteiger charge is -2.11. The summed E-state index contributed by atoms with van der Waals surface area (Å²) in [7, 11) is 1.62. The van der Waals surface area contributed by atoms with Crippen LogP contribution in [-0.2, 0) is 6.42 Å². The average Bonchev–Trinajstić information content (AvgIpc) is 2.41. The number of aliphatic hydroxyl groups is 1. The van der Waals surface area contributed by atoms with E-state index in [0.717, 1.165) is 22.7 Å². The highest BCUT2D eigenvalue weighted by molar-refractivity contribution is 5.28. The molecule has 4 heteroatoms. The van der Waals surface area contributed by atoms with Crippen molar-refractivity contribution >= 4 is 0 Å². The smallest absolute Gasteiger partial charge is 0.118 e. The van der Waals surface area contributed by atoms with Crippen LogP contribution >= 0.6 is 0 Å². The predicted octanol–water partition coefficient (Wildman–Crippen LogP) is 2.07. The van der Waals surface area contributed by atoms with Gasteiger partial charge in [0.05, 0.1) is 24.6 Å². The minimum atomic E-state index is -0.576.